The number of piperidine rings is 1. The van der Waals surface area contributed by atoms with Crippen molar-refractivity contribution in [2.24, 2.45) is 11.8 Å². The van der Waals surface area contributed by atoms with Crippen LogP contribution in [0.15, 0.2) is 0 Å². The molecule has 1 aliphatic carbocycles. The summed E-state index contributed by atoms with van der Waals surface area (Å²) in [6.45, 7) is 6.54. The summed E-state index contributed by atoms with van der Waals surface area (Å²) in [7, 11) is 0. The molecule has 2 fully saturated rings. The van der Waals surface area contributed by atoms with Crippen LogP contribution in [-0.4, -0.2) is 29.8 Å². The number of rotatable bonds is 3. The molecule has 2 rings (SSSR count). The minimum absolute atomic E-state index is 0.325. The number of nitrogens with zero attached hydrogens (tertiary/aromatic N) is 1. The van der Waals surface area contributed by atoms with Crippen LogP contribution in [0.1, 0.15) is 58.8 Å². The molecule has 3 unspecified atom stereocenters. The number of carbonyl (C=O) groups excluding carboxylic acids is 1. The van der Waals surface area contributed by atoms with E-state index in [0.717, 1.165) is 37.9 Å². The summed E-state index contributed by atoms with van der Waals surface area (Å²) < 4.78 is 0. The number of carbonyl (C=O) groups is 1. The molecule has 1 saturated carbocycles. The lowest BCUT2D eigenvalue weighted by molar-refractivity contribution is -0.127. The molecule has 0 aromatic rings. The van der Waals surface area contributed by atoms with Crippen molar-refractivity contribution in [3.05, 3.63) is 0 Å². The zero-order valence-electron chi connectivity index (χ0n) is 11.5. The van der Waals surface area contributed by atoms with E-state index in [4.69, 9.17) is 0 Å². The van der Waals surface area contributed by atoms with Crippen molar-refractivity contribution in [2.45, 2.75) is 64.8 Å². The van der Waals surface area contributed by atoms with Gasteiger partial charge in [0, 0.05) is 31.5 Å². The largest absolute Gasteiger partial charge is 0.299 e. The molecular weight excluding hydrogens is 210 g/mol. The number of ketones is 1. The minimum atomic E-state index is 0.325. The van der Waals surface area contributed by atoms with Gasteiger partial charge in [-0.25, -0.2) is 0 Å². The van der Waals surface area contributed by atoms with Crippen LogP contribution in [-0.2, 0) is 4.79 Å². The van der Waals surface area contributed by atoms with Gasteiger partial charge in [0.1, 0.15) is 5.78 Å². The molecular formula is C15H27NO. The first-order valence-electron chi connectivity index (χ1n) is 7.51. The third kappa shape index (κ3) is 3.09. The highest BCUT2D eigenvalue weighted by Gasteiger charge is 2.32. The van der Waals surface area contributed by atoms with Gasteiger partial charge in [-0.3, -0.25) is 9.69 Å². The average Bonchev–Trinajstić information content (AvgIpc) is 2.39. The molecule has 1 saturated heterocycles. The van der Waals surface area contributed by atoms with Gasteiger partial charge in [-0.05, 0) is 25.2 Å². The number of likely N-dealkylation sites (tertiary alicyclic amines) is 1. The first-order valence-corrected chi connectivity index (χ1v) is 7.51. The molecule has 2 nitrogen and oxygen atoms in total. The second kappa shape index (κ2) is 5.99. The minimum Gasteiger partial charge on any atom is -0.299 e. The fourth-order valence-electron chi connectivity index (χ4n) is 3.59. The molecule has 17 heavy (non-hydrogen) atoms. The van der Waals surface area contributed by atoms with E-state index in [-0.39, 0.29) is 0 Å². The van der Waals surface area contributed by atoms with E-state index in [1.165, 1.54) is 32.1 Å². The zero-order chi connectivity index (χ0) is 12.3. The summed E-state index contributed by atoms with van der Waals surface area (Å²) in [6, 6.07) is 0.774. The predicted octanol–water partition coefficient (Wildman–Crippen LogP) is 3.26. The van der Waals surface area contributed by atoms with Crippen LogP contribution < -0.4 is 0 Å². The smallest absolute Gasteiger partial charge is 0.138 e. The molecule has 0 radical (unpaired) electrons. The van der Waals surface area contributed by atoms with Gasteiger partial charge in [0.25, 0.3) is 0 Å². The van der Waals surface area contributed by atoms with Crippen LogP contribution in [0.5, 0.6) is 0 Å². The Balaban J connectivity index is 1.91. The summed E-state index contributed by atoms with van der Waals surface area (Å²) in [4.78, 5) is 14.4. The lowest BCUT2D eigenvalue weighted by Crippen LogP contribution is -2.47. The average molecular weight is 237 g/mol. The number of hydrogen-bond acceptors (Lipinski definition) is 2. The number of hydrogen-bond donors (Lipinski definition) is 0. The molecule has 3 atom stereocenters. The monoisotopic (exact) mass is 237 g/mol. The molecule has 0 aromatic heterocycles. The van der Waals surface area contributed by atoms with Crippen LogP contribution >= 0.6 is 0 Å². The Morgan fingerprint density at radius 1 is 1.24 bits per heavy atom. The highest BCUT2D eigenvalue weighted by molar-refractivity contribution is 5.82. The lowest BCUT2D eigenvalue weighted by atomic mass is 9.82. The third-order valence-electron chi connectivity index (χ3n) is 4.90. The van der Waals surface area contributed by atoms with E-state index in [1.54, 1.807) is 0 Å². The van der Waals surface area contributed by atoms with Gasteiger partial charge in [0.15, 0.2) is 0 Å². The van der Waals surface area contributed by atoms with Crippen molar-refractivity contribution in [1.82, 2.24) is 4.90 Å². The molecule has 0 spiro atoms. The van der Waals surface area contributed by atoms with Crippen molar-refractivity contribution >= 4 is 5.78 Å². The molecule has 0 bridgehead atoms. The first-order chi connectivity index (χ1) is 8.24. The van der Waals surface area contributed by atoms with Gasteiger partial charge >= 0.3 is 0 Å². The van der Waals surface area contributed by atoms with Crippen molar-refractivity contribution in [3.63, 3.8) is 0 Å². The van der Waals surface area contributed by atoms with Gasteiger partial charge < -0.3 is 0 Å². The molecule has 0 amide bonds. The van der Waals surface area contributed by atoms with E-state index in [0.29, 0.717) is 11.7 Å². The Labute approximate surface area is 106 Å². The standard InChI is InChI=1S/C15H27NO/c1-3-12-6-5-7-14(10-12)16-9-8-15(17)13(4-2)11-16/h12-14H,3-11H2,1-2H3. The Morgan fingerprint density at radius 3 is 2.76 bits per heavy atom. The predicted molar refractivity (Wildman–Crippen MR) is 71.0 cm³/mol. The normalized spacial score (nSPS) is 36.1. The maximum absolute atomic E-state index is 11.7. The quantitative estimate of drug-likeness (QED) is 0.751. The van der Waals surface area contributed by atoms with Crippen molar-refractivity contribution in [2.75, 3.05) is 13.1 Å². The Morgan fingerprint density at radius 2 is 2.06 bits per heavy atom. The maximum Gasteiger partial charge on any atom is 0.138 e. The third-order valence-corrected chi connectivity index (χ3v) is 4.90. The molecule has 2 heteroatoms. The molecule has 1 heterocycles. The van der Waals surface area contributed by atoms with Gasteiger partial charge in [0.05, 0.1) is 0 Å². The van der Waals surface area contributed by atoms with Crippen molar-refractivity contribution in [3.8, 4) is 0 Å². The van der Waals surface area contributed by atoms with Crippen LogP contribution in [0.25, 0.3) is 0 Å². The van der Waals surface area contributed by atoms with Gasteiger partial charge in [-0.2, -0.15) is 0 Å². The second-order valence-electron chi connectivity index (χ2n) is 5.91. The van der Waals surface area contributed by atoms with Crippen LogP contribution in [0.3, 0.4) is 0 Å². The molecule has 98 valence electrons. The topological polar surface area (TPSA) is 20.3 Å². The van der Waals surface area contributed by atoms with Crippen LogP contribution in [0.2, 0.25) is 0 Å². The summed E-state index contributed by atoms with van der Waals surface area (Å²) in [5.41, 5.74) is 0. The van der Waals surface area contributed by atoms with Gasteiger partial charge in [-0.15, -0.1) is 0 Å². The molecule has 2 aliphatic rings. The van der Waals surface area contributed by atoms with E-state index in [2.05, 4.69) is 18.7 Å². The van der Waals surface area contributed by atoms with E-state index in [9.17, 15) is 4.79 Å². The SMILES string of the molecule is CCC1CCCC(N2CCC(=O)C(CC)C2)C1. The Bertz CT molecular complexity index is 264. The first kappa shape index (κ1) is 13.1. The van der Waals surface area contributed by atoms with E-state index >= 15 is 0 Å². The van der Waals surface area contributed by atoms with Crippen molar-refractivity contribution in [1.29, 1.82) is 0 Å². The summed E-state index contributed by atoms with van der Waals surface area (Å²) in [6.07, 6.45) is 8.72. The molecule has 0 N–H and O–H groups in total. The summed E-state index contributed by atoms with van der Waals surface area (Å²) in [5, 5.41) is 0. The lowest BCUT2D eigenvalue weighted by Gasteiger charge is -2.41. The van der Waals surface area contributed by atoms with E-state index in [1.807, 2.05) is 0 Å². The molecule has 1 aliphatic heterocycles. The summed E-state index contributed by atoms with van der Waals surface area (Å²) in [5.74, 6) is 1.77. The Kier molecular flexibility index (Phi) is 4.61. The fraction of sp³-hybridized carbons (Fsp3) is 0.933. The fourth-order valence-corrected chi connectivity index (χ4v) is 3.59. The highest BCUT2D eigenvalue weighted by Crippen LogP contribution is 2.31. The van der Waals surface area contributed by atoms with Crippen LogP contribution in [0, 0.1) is 11.8 Å². The summed E-state index contributed by atoms with van der Waals surface area (Å²) >= 11 is 0. The zero-order valence-corrected chi connectivity index (χ0v) is 11.5. The van der Waals surface area contributed by atoms with Gasteiger partial charge in [-0.1, -0.05) is 33.1 Å². The maximum atomic E-state index is 11.7. The number of Topliss-reactive ketones (excluding diaryl/α,β-unsaturated/α-hetero) is 1. The highest BCUT2D eigenvalue weighted by atomic mass is 16.1. The molecule has 0 aromatic carbocycles. The van der Waals surface area contributed by atoms with Crippen LogP contribution in [0.4, 0.5) is 0 Å². The Hall–Kier alpha value is -0.370. The second-order valence-corrected chi connectivity index (χ2v) is 5.91. The van der Waals surface area contributed by atoms with Crippen molar-refractivity contribution < 1.29 is 4.79 Å². The van der Waals surface area contributed by atoms with Gasteiger partial charge in [0.2, 0.25) is 0 Å². The van der Waals surface area contributed by atoms with E-state index < -0.39 is 0 Å².